The summed E-state index contributed by atoms with van der Waals surface area (Å²) in [6, 6.07) is 0.435. The lowest BCUT2D eigenvalue weighted by Gasteiger charge is -2.35. The fraction of sp³-hybridized carbons (Fsp3) is 0.929. The first-order valence-electron chi connectivity index (χ1n) is 7.42. The Morgan fingerprint density at radius 2 is 1.94 bits per heavy atom. The summed E-state index contributed by atoms with van der Waals surface area (Å²) in [6.45, 7) is 9.96. The zero-order valence-corrected chi connectivity index (χ0v) is 11.8. The topological polar surface area (TPSA) is 35.6 Å². The maximum Gasteiger partial charge on any atom is 0.236 e. The monoisotopic (exact) mass is 253 g/mol. The highest BCUT2D eigenvalue weighted by Crippen LogP contribution is 2.29. The van der Waals surface area contributed by atoms with E-state index in [0.717, 1.165) is 38.5 Å². The van der Waals surface area contributed by atoms with Gasteiger partial charge in [0.05, 0.1) is 6.54 Å². The fourth-order valence-corrected chi connectivity index (χ4v) is 2.36. The number of hydrogen-bond donors (Lipinski definition) is 1. The van der Waals surface area contributed by atoms with Gasteiger partial charge in [0.25, 0.3) is 0 Å². The molecule has 1 N–H and O–H groups in total. The van der Waals surface area contributed by atoms with Gasteiger partial charge in [0.2, 0.25) is 5.91 Å². The highest BCUT2D eigenvalue weighted by molar-refractivity contribution is 5.78. The number of carbonyl (C=O) groups excluding carboxylic acids is 1. The number of amides is 1. The Labute approximate surface area is 111 Å². The van der Waals surface area contributed by atoms with Crippen LogP contribution in [0.3, 0.4) is 0 Å². The molecule has 1 aliphatic carbocycles. The van der Waals surface area contributed by atoms with Gasteiger partial charge in [-0.2, -0.15) is 0 Å². The Hall–Kier alpha value is -0.610. The van der Waals surface area contributed by atoms with Crippen molar-refractivity contribution in [1.29, 1.82) is 0 Å². The molecule has 1 amide bonds. The molecule has 1 unspecified atom stereocenters. The third-order valence-corrected chi connectivity index (χ3v) is 4.15. The average Bonchev–Trinajstić information content (AvgIpc) is 3.20. The molecule has 0 bridgehead atoms. The van der Waals surface area contributed by atoms with Crippen LogP contribution in [-0.4, -0.2) is 61.0 Å². The van der Waals surface area contributed by atoms with Gasteiger partial charge >= 0.3 is 0 Å². The van der Waals surface area contributed by atoms with Crippen LogP contribution in [0.2, 0.25) is 0 Å². The van der Waals surface area contributed by atoms with Gasteiger partial charge in [-0.05, 0) is 32.1 Å². The van der Waals surface area contributed by atoms with Crippen molar-refractivity contribution in [2.75, 3.05) is 39.3 Å². The molecule has 104 valence electrons. The first-order chi connectivity index (χ1) is 8.69. The standard InChI is InChI=1S/C14H27N3O/c1-3-12(2)15-10-14(18)17-8-6-16(7-9-17)11-13-4-5-13/h12-13,15H,3-11H2,1-2H3. The van der Waals surface area contributed by atoms with Crippen molar-refractivity contribution < 1.29 is 4.79 Å². The minimum atomic E-state index is 0.265. The van der Waals surface area contributed by atoms with Crippen molar-refractivity contribution in [3.8, 4) is 0 Å². The number of nitrogens with one attached hydrogen (secondary N) is 1. The molecule has 0 aromatic carbocycles. The summed E-state index contributed by atoms with van der Waals surface area (Å²) < 4.78 is 0. The summed E-state index contributed by atoms with van der Waals surface area (Å²) in [4.78, 5) is 16.5. The molecule has 4 nitrogen and oxygen atoms in total. The Morgan fingerprint density at radius 3 is 2.50 bits per heavy atom. The lowest BCUT2D eigenvalue weighted by molar-refractivity contribution is -0.132. The molecule has 1 atom stereocenters. The third-order valence-electron chi connectivity index (χ3n) is 4.15. The molecule has 2 fully saturated rings. The quantitative estimate of drug-likeness (QED) is 0.765. The van der Waals surface area contributed by atoms with Gasteiger partial charge in [-0.15, -0.1) is 0 Å². The van der Waals surface area contributed by atoms with E-state index in [9.17, 15) is 4.79 Å². The van der Waals surface area contributed by atoms with E-state index in [0.29, 0.717) is 12.6 Å². The van der Waals surface area contributed by atoms with Crippen LogP contribution in [-0.2, 0) is 4.79 Å². The second kappa shape index (κ2) is 6.53. The van der Waals surface area contributed by atoms with Crippen LogP contribution in [0, 0.1) is 5.92 Å². The van der Waals surface area contributed by atoms with Crippen molar-refractivity contribution in [3.63, 3.8) is 0 Å². The van der Waals surface area contributed by atoms with Gasteiger partial charge in [0.1, 0.15) is 0 Å². The summed E-state index contributed by atoms with van der Waals surface area (Å²) in [5, 5.41) is 3.28. The van der Waals surface area contributed by atoms with Crippen LogP contribution in [0.25, 0.3) is 0 Å². The minimum Gasteiger partial charge on any atom is -0.339 e. The maximum absolute atomic E-state index is 12.0. The van der Waals surface area contributed by atoms with Crippen LogP contribution in [0.15, 0.2) is 0 Å². The highest BCUT2D eigenvalue weighted by atomic mass is 16.2. The molecule has 18 heavy (non-hydrogen) atoms. The lowest BCUT2D eigenvalue weighted by atomic mass is 10.2. The number of rotatable bonds is 6. The van der Waals surface area contributed by atoms with Crippen LogP contribution in [0.1, 0.15) is 33.1 Å². The van der Waals surface area contributed by atoms with Gasteiger partial charge in [-0.3, -0.25) is 9.69 Å². The number of piperazine rings is 1. The summed E-state index contributed by atoms with van der Waals surface area (Å²) in [7, 11) is 0. The summed E-state index contributed by atoms with van der Waals surface area (Å²) in [5.41, 5.74) is 0. The summed E-state index contributed by atoms with van der Waals surface area (Å²) in [5.74, 6) is 1.22. The van der Waals surface area contributed by atoms with Crippen LogP contribution >= 0.6 is 0 Å². The molecule has 0 radical (unpaired) electrons. The highest BCUT2D eigenvalue weighted by Gasteiger charge is 2.27. The van der Waals surface area contributed by atoms with Gasteiger partial charge in [0, 0.05) is 38.8 Å². The van der Waals surface area contributed by atoms with Crippen LogP contribution in [0.5, 0.6) is 0 Å². The second-order valence-electron chi connectivity index (χ2n) is 5.81. The molecule has 1 heterocycles. The van der Waals surface area contributed by atoms with Gasteiger partial charge in [0.15, 0.2) is 0 Å². The fourth-order valence-electron chi connectivity index (χ4n) is 2.36. The largest absolute Gasteiger partial charge is 0.339 e. The van der Waals surface area contributed by atoms with E-state index < -0.39 is 0 Å². The molecule has 1 saturated carbocycles. The van der Waals surface area contributed by atoms with Gasteiger partial charge < -0.3 is 10.2 Å². The Bertz CT molecular complexity index is 270. The second-order valence-corrected chi connectivity index (χ2v) is 5.81. The van der Waals surface area contributed by atoms with Crippen LogP contribution in [0.4, 0.5) is 0 Å². The van der Waals surface area contributed by atoms with E-state index in [-0.39, 0.29) is 5.91 Å². The van der Waals surface area contributed by atoms with Crippen LogP contribution < -0.4 is 5.32 Å². The van der Waals surface area contributed by atoms with Crippen molar-refractivity contribution >= 4 is 5.91 Å². The van der Waals surface area contributed by atoms with E-state index >= 15 is 0 Å². The molecule has 0 aromatic heterocycles. The van der Waals surface area contributed by atoms with E-state index in [1.54, 1.807) is 0 Å². The molecular formula is C14H27N3O. The average molecular weight is 253 g/mol. The molecule has 1 aliphatic heterocycles. The van der Waals surface area contributed by atoms with Crippen molar-refractivity contribution in [2.45, 2.75) is 39.2 Å². The molecule has 2 aliphatic rings. The van der Waals surface area contributed by atoms with Gasteiger partial charge in [-0.1, -0.05) is 6.92 Å². The summed E-state index contributed by atoms with van der Waals surface area (Å²) >= 11 is 0. The maximum atomic E-state index is 12.0. The number of carbonyl (C=O) groups is 1. The molecule has 1 saturated heterocycles. The molecule has 0 spiro atoms. The number of nitrogens with zero attached hydrogens (tertiary/aromatic N) is 2. The van der Waals surface area contributed by atoms with Crippen molar-refractivity contribution in [3.05, 3.63) is 0 Å². The predicted molar refractivity (Wildman–Crippen MR) is 73.5 cm³/mol. The Morgan fingerprint density at radius 1 is 1.28 bits per heavy atom. The smallest absolute Gasteiger partial charge is 0.236 e. The molecule has 4 heteroatoms. The SMILES string of the molecule is CCC(C)NCC(=O)N1CCN(CC2CC2)CC1. The lowest BCUT2D eigenvalue weighted by Crippen LogP contribution is -2.51. The van der Waals surface area contributed by atoms with E-state index in [1.165, 1.54) is 19.4 Å². The van der Waals surface area contributed by atoms with Crippen molar-refractivity contribution in [2.24, 2.45) is 5.92 Å². The first-order valence-corrected chi connectivity index (χ1v) is 7.42. The van der Waals surface area contributed by atoms with Crippen molar-refractivity contribution in [1.82, 2.24) is 15.1 Å². The summed E-state index contributed by atoms with van der Waals surface area (Å²) in [6.07, 6.45) is 3.90. The predicted octanol–water partition coefficient (Wildman–Crippen LogP) is 0.929. The van der Waals surface area contributed by atoms with E-state index in [4.69, 9.17) is 0 Å². The zero-order valence-electron chi connectivity index (χ0n) is 11.8. The minimum absolute atomic E-state index is 0.265. The van der Waals surface area contributed by atoms with Gasteiger partial charge in [-0.25, -0.2) is 0 Å². The normalized spacial score (nSPS) is 23.1. The Kier molecular flexibility index (Phi) is 5.01. The number of hydrogen-bond acceptors (Lipinski definition) is 3. The molecule has 0 aromatic rings. The molecule has 2 rings (SSSR count). The molecular weight excluding hydrogens is 226 g/mol. The Balaban J connectivity index is 1.63. The first kappa shape index (κ1) is 13.8. The van der Waals surface area contributed by atoms with E-state index in [2.05, 4.69) is 24.1 Å². The zero-order chi connectivity index (χ0) is 13.0. The van der Waals surface area contributed by atoms with E-state index in [1.807, 2.05) is 4.90 Å². The third kappa shape index (κ3) is 4.25.